The number of nitrogens with zero attached hydrogens (tertiary/aromatic N) is 2. The van der Waals surface area contributed by atoms with Gasteiger partial charge in [-0.05, 0) is 80.1 Å². The fraction of sp³-hybridized carbons (Fsp3) is 0.286. The highest BCUT2D eigenvalue weighted by molar-refractivity contribution is 6.29. The van der Waals surface area contributed by atoms with Crippen LogP contribution >= 0.6 is 11.6 Å². The summed E-state index contributed by atoms with van der Waals surface area (Å²) in [7, 11) is 0. The highest BCUT2D eigenvalue weighted by atomic mass is 35.5. The van der Waals surface area contributed by atoms with Gasteiger partial charge in [-0.2, -0.15) is 0 Å². The monoisotopic (exact) mass is 773 g/mol. The van der Waals surface area contributed by atoms with E-state index in [1.807, 2.05) is 0 Å². The lowest BCUT2D eigenvalue weighted by Crippen LogP contribution is -2.45. The number of hydrogen-bond donors (Lipinski definition) is 5. The Morgan fingerprint density at radius 1 is 0.786 bits per heavy atom. The van der Waals surface area contributed by atoms with Crippen molar-refractivity contribution in [3.05, 3.63) is 112 Å². The predicted octanol–water partition coefficient (Wildman–Crippen LogP) is 6.40. The van der Waals surface area contributed by atoms with E-state index in [2.05, 4.69) is 48.4 Å². The van der Waals surface area contributed by atoms with Gasteiger partial charge in [-0.1, -0.05) is 48.6 Å². The number of nitrogens with one attached hydrogen (secondary N) is 5. The zero-order chi connectivity index (χ0) is 39.4. The number of Topliss-reactive ketones (excluding diaryl/α,β-unsaturated/α-hetero) is 2. The van der Waals surface area contributed by atoms with Crippen molar-refractivity contribution in [1.82, 2.24) is 20.6 Å². The topological polar surface area (TPSA) is 188 Å². The van der Waals surface area contributed by atoms with Crippen LogP contribution in [0.3, 0.4) is 0 Å². The number of anilines is 3. The summed E-state index contributed by atoms with van der Waals surface area (Å²) in [5.74, 6) is 3.40. The molecule has 13 nitrogen and oxygen atoms in total. The van der Waals surface area contributed by atoms with E-state index < -0.39 is 23.8 Å². The fourth-order valence-corrected chi connectivity index (χ4v) is 6.96. The van der Waals surface area contributed by atoms with Gasteiger partial charge in [-0.15, -0.1) is 0 Å². The minimum Gasteiger partial charge on any atom is -0.384 e. The summed E-state index contributed by atoms with van der Waals surface area (Å²) < 4.78 is 0. The van der Waals surface area contributed by atoms with Crippen LogP contribution in [-0.2, 0) is 9.59 Å². The van der Waals surface area contributed by atoms with Crippen molar-refractivity contribution in [2.24, 2.45) is 11.8 Å². The number of piperidine rings is 1. The van der Waals surface area contributed by atoms with E-state index in [1.54, 1.807) is 60.7 Å². The molecule has 5 amide bonds. The maximum absolute atomic E-state index is 13.6. The number of amides is 5. The Morgan fingerprint density at radius 3 is 2.30 bits per heavy atom. The summed E-state index contributed by atoms with van der Waals surface area (Å²) in [5.41, 5.74) is 3.85. The minimum atomic E-state index is -0.639. The van der Waals surface area contributed by atoms with Crippen molar-refractivity contribution in [3.63, 3.8) is 0 Å². The first kappa shape index (κ1) is 39.3. The van der Waals surface area contributed by atoms with Crippen molar-refractivity contribution >= 4 is 64.0 Å². The van der Waals surface area contributed by atoms with Crippen LogP contribution in [0.4, 0.5) is 21.9 Å². The molecule has 6 rings (SSSR count). The molecule has 2 atom stereocenters. The van der Waals surface area contributed by atoms with Crippen LogP contribution in [0.15, 0.2) is 79.1 Å². The van der Waals surface area contributed by atoms with Crippen LogP contribution in [0.5, 0.6) is 0 Å². The number of fused-ring (bicyclic) bond motifs is 1. The molecule has 14 heteroatoms. The van der Waals surface area contributed by atoms with Gasteiger partial charge in [-0.3, -0.25) is 29.3 Å². The summed E-state index contributed by atoms with van der Waals surface area (Å²) >= 11 is 5.87. The SMILES string of the molecule is O=C1CCC(C2CCC(=O)c3c(NCCCCCCNC(=O)c4cccc(C#Cc5cc(NC(=O)Nc6ccnc(Cl)c6)ccn5)c4)cccc3C2=O)C(=O)N1. The molecule has 0 radical (unpaired) electrons. The molecule has 2 aromatic carbocycles. The number of ketones is 2. The number of unbranched alkanes of at least 4 members (excludes halogenated alkanes) is 3. The Morgan fingerprint density at radius 2 is 1.52 bits per heavy atom. The highest BCUT2D eigenvalue weighted by Crippen LogP contribution is 2.35. The zero-order valence-electron chi connectivity index (χ0n) is 30.5. The summed E-state index contributed by atoms with van der Waals surface area (Å²) in [6, 6.07) is 18.1. The Balaban J connectivity index is 0.922. The number of halogens is 1. The number of carbonyl (C=O) groups excluding carboxylic acids is 6. The maximum Gasteiger partial charge on any atom is 0.323 e. The summed E-state index contributed by atoms with van der Waals surface area (Å²) in [5, 5.41) is 14.3. The Labute approximate surface area is 328 Å². The van der Waals surface area contributed by atoms with Crippen LogP contribution in [0.2, 0.25) is 5.15 Å². The molecular weight excluding hydrogens is 734 g/mol. The van der Waals surface area contributed by atoms with Crippen LogP contribution in [-0.4, -0.2) is 58.4 Å². The summed E-state index contributed by atoms with van der Waals surface area (Å²) in [4.78, 5) is 84.3. The quantitative estimate of drug-likeness (QED) is 0.0357. The normalized spacial score (nSPS) is 16.4. The fourth-order valence-electron chi connectivity index (χ4n) is 6.78. The Kier molecular flexibility index (Phi) is 13.2. The van der Waals surface area contributed by atoms with Crippen LogP contribution in [0.25, 0.3) is 0 Å². The lowest BCUT2D eigenvalue weighted by Gasteiger charge is -2.27. The number of imide groups is 1. The highest BCUT2D eigenvalue weighted by Gasteiger charge is 2.40. The Hall–Kier alpha value is -6.39. The van der Waals surface area contributed by atoms with E-state index in [9.17, 15) is 28.8 Å². The molecule has 0 spiro atoms. The van der Waals surface area contributed by atoms with Crippen molar-refractivity contribution in [1.29, 1.82) is 0 Å². The van der Waals surface area contributed by atoms with Gasteiger partial charge in [-0.25, -0.2) is 14.8 Å². The second kappa shape index (κ2) is 18.8. The lowest BCUT2D eigenvalue weighted by molar-refractivity contribution is -0.137. The molecule has 286 valence electrons. The first-order valence-corrected chi connectivity index (χ1v) is 18.9. The molecule has 0 saturated carbocycles. The average Bonchev–Trinajstić information content (AvgIpc) is 3.30. The van der Waals surface area contributed by atoms with Crippen LogP contribution in [0, 0.1) is 23.7 Å². The number of pyridine rings is 2. The van der Waals surface area contributed by atoms with E-state index >= 15 is 0 Å². The summed E-state index contributed by atoms with van der Waals surface area (Å²) in [6.45, 7) is 1.10. The number of hydrogen-bond acceptors (Lipinski definition) is 9. The zero-order valence-corrected chi connectivity index (χ0v) is 31.2. The first-order valence-electron chi connectivity index (χ1n) is 18.5. The van der Waals surface area contributed by atoms with Gasteiger partial charge in [0.25, 0.3) is 5.91 Å². The van der Waals surface area contributed by atoms with Crippen molar-refractivity contribution in [2.45, 2.75) is 51.4 Å². The second-order valence-corrected chi connectivity index (χ2v) is 13.9. The molecule has 0 bridgehead atoms. The summed E-state index contributed by atoms with van der Waals surface area (Å²) in [6.07, 6.45) is 7.32. The van der Waals surface area contributed by atoms with Gasteiger partial charge in [0.05, 0.1) is 5.56 Å². The van der Waals surface area contributed by atoms with Crippen molar-refractivity contribution in [2.75, 3.05) is 29.0 Å². The number of urea groups is 1. The minimum absolute atomic E-state index is 0.133. The van der Waals surface area contributed by atoms with E-state index in [0.29, 0.717) is 64.5 Å². The largest absolute Gasteiger partial charge is 0.384 e. The molecule has 1 fully saturated rings. The van der Waals surface area contributed by atoms with Gasteiger partial charge in [0.15, 0.2) is 11.6 Å². The molecule has 2 aliphatic rings. The lowest BCUT2D eigenvalue weighted by atomic mass is 9.79. The van der Waals surface area contributed by atoms with E-state index in [-0.39, 0.29) is 47.8 Å². The number of carbonyl (C=O) groups is 6. The second-order valence-electron chi connectivity index (χ2n) is 13.5. The van der Waals surface area contributed by atoms with Crippen molar-refractivity contribution < 1.29 is 28.8 Å². The molecule has 56 heavy (non-hydrogen) atoms. The predicted molar refractivity (Wildman–Crippen MR) is 212 cm³/mol. The van der Waals surface area contributed by atoms with Gasteiger partial charge in [0, 0.05) is 83.9 Å². The molecular formula is C42H40ClN7O6. The maximum atomic E-state index is 13.6. The molecule has 5 N–H and O–H groups in total. The average molecular weight is 774 g/mol. The number of benzene rings is 2. The molecule has 2 aromatic heterocycles. The number of aromatic nitrogens is 2. The smallest absolute Gasteiger partial charge is 0.323 e. The molecule has 1 aliphatic carbocycles. The third-order valence-corrected chi connectivity index (χ3v) is 9.77. The van der Waals surface area contributed by atoms with Crippen molar-refractivity contribution in [3.8, 4) is 11.8 Å². The third kappa shape index (κ3) is 10.4. The van der Waals surface area contributed by atoms with Gasteiger partial charge >= 0.3 is 6.03 Å². The van der Waals surface area contributed by atoms with Gasteiger partial charge in [0.2, 0.25) is 11.8 Å². The van der Waals surface area contributed by atoms with E-state index in [4.69, 9.17) is 11.6 Å². The third-order valence-electron chi connectivity index (χ3n) is 9.56. The molecule has 1 saturated heterocycles. The number of rotatable bonds is 12. The van der Waals surface area contributed by atoms with E-state index in [1.165, 1.54) is 18.5 Å². The van der Waals surface area contributed by atoms with Gasteiger partial charge in [0.1, 0.15) is 10.8 Å². The first-order chi connectivity index (χ1) is 27.1. The molecule has 4 aromatic rings. The van der Waals surface area contributed by atoms with Gasteiger partial charge < -0.3 is 21.3 Å². The Bertz CT molecular complexity index is 2230. The van der Waals surface area contributed by atoms with E-state index in [0.717, 1.165) is 25.7 Å². The van der Waals surface area contributed by atoms with Crippen LogP contribution in [0.1, 0.15) is 93.7 Å². The molecule has 3 heterocycles. The molecule has 1 aliphatic heterocycles. The van der Waals surface area contributed by atoms with Crippen LogP contribution < -0.4 is 26.6 Å². The standard InChI is InChI=1S/C42H40ClN7O6/c43-36-25-30(18-22-46-36)49-42(56)48-29-17-21-44-28(24-29)12-11-26-7-5-8-27(23-26)40(54)47-20-4-2-1-3-19-45-34-10-6-9-33-38(34)35(51)15-13-31(39(33)53)32-14-16-37(52)50-41(32)55/h5-10,17-18,21-25,31-32,45H,1-4,13-16,19-20H2,(H,47,54)(H,50,52,55)(H2,44,46,48,49,56). The molecule has 2 unspecified atom stereocenters.